The summed E-state index contributed by atoms with van der Waals surface area (Å²) in [5, 5.41) is 9.39. The third-order valence-electron chi connectivity index (χ3n) is 1.06. The lowest BCUT2D eigenvalue weighted by Gasteiger charge is -2.20. The molecule has 0 saturated carbocycles. The van der Waals surface area contributed by atoms with E-state index in [-0.39, 0.29) is 5.84 Å². The molecule has 0 amide bonds. The van der Waals surface area contributed by atoms with Crippen LogP contribution in [0.2, 0.25) is 0 Å². The van der Waals surface area contributed by atoms with Crippen LogP contribution in [0, 0.1) is 0 Å². The number of hydrogen-bond acceptors (Lipinski definition) is 6. The number of carboxylic acids is 1. The van der Waals surface area contributed by atoms with Crippen LogP contribution in [-0.4, -0.2) is 34.5 Å². The Balaban J connectivity index is 2.80. The Bertz CT molecular complexity index is 235. The predicted octanol–water partition coefficient (Wildman–Crippen LogP) is -2.07. The second-order valence-electron chi connectivity index (χ2n) is 1.86. The van der Waals surface area contributed by atoms with E-state index < -0.39 is 12.3 Å². The SMILES string of the molecule is NC1N=C(C(=O)O)N=CN1N. The fraction of sp³-hybridized carbons (Fsp3) is 0.250. The summed E-state index contributed by atoms with van der Waals surface area (Å²) in [7, 11) is 0. The molecule has 7 heteroatoms. The Morgan fingerprint density at radius 3 is 2.91 bits per heavy atom. The van der Waals surface area contributed by atoms with E-state index in [1.54, 1.807) is 0 Å². The van der Waals surface area contributed by atoms with Gasteiger partial charge in [0.1, 0.15) is 6.34 Å². The van der Waals surface area contributed by atoms with Gasteiger partial charge in [0.15, 0.2) is 6.29 Å². The van der Waals surface area contributed by atoms with Gasteiger partial charge in [-0.3, -0.25) is 10.7 Å². The molecule has 0 spiro atoms. The number of nitrogens with zero attached hydrogens (tertiary/aromatic N) is 3. The first kappa shape index (κ1) is 7.63. The minimum Gasteiger partial charge on any atom is -0.475 e. The molecule has 0 saturated heterocycles. The van der Waals surface area contributed by atoms with Crippen molar-refractivity contribution in [1.29, 1.82) is 0 Å². The summed E-state index contributed by atoms with van der Waals surface area (Å²) in [4.78, 5) is 17.1. The predicted molar refractivity (Wildman–Crippen MR) is 37.6 cm³/mol. The van der Waals surface area contributed by atoms with E-state index in [2.05, 4.69) is 9.98 Å². The fourth-order valence-electron chi connectivity index (χ4n) is 0.525. The number of aliphatic imine (C=N–C) groups is 2. The molecule has 5 N–H and O–H groups in total. The van der Waals surface area contributed by atoms with E-state index >= 15 is 0 Å². The minimum absolute atomic E-state index is 0.334. The Kier molecular flexibility index (Phi) is 1.83. The van der Waals surface area contributed by atoms with Crippen molar-refractivity contribution in [3.63, 3.8) is 0 Å². The molecule has 1 aliphatic heterocycles. The van der Waals surface area contributed by atoms with E-state index in [0.29, 0.717) is 0 Å². The molecule has 11 heavy (non-hydrogen) atoms. The highest BCUT2D eigenvalue weighted by Gasteiger charge is 2.16. The van der Waals surface area contributed by atoms with Crippen molar-refractivity contribution in [2.45, 2.75) is 6.29 Å². The lowest BCUT2D eigenvalue weighted by molar-refractivity contribution is -0.129. The maximum atomic E-state index is 10.2. The van der Waals surface area contributed by atoms with E-state index in [1.807, 2.05) is 0 Å². The lowest BCUT2D eigenvalue weighted by atomic mass is 10.5. The zero-order chi connectivity index (χ0) is 8.43. The molecule has 1 unspecified atom stereocenters. The average molecular weight is 157 g/mol. The molecule has 1 heterocycles. The number of aliphatic carboxylic acids is 1. The van der Waals surface area contributed by atoms with Crippen LogP contribution < -0.4 is 11.6 Å². The first-order valence-corrected chi connectivity index (χ1v) is 2.75. The molecule has 60 valence electrons. The van der Waals surface area contributed by atoms with E-state index in [4.69, 9.17) is 16.7 Å². The molecule has 1 aliphatic rings. The molecule has 0 aromatic carbocycles. The van der Waals surface area contributed by atoms with Crippen molar-refractivity contribution >= 4 is 18.1 Å². The number of rotatable bonds is 1. The van der Waals surface area contributed by atoms with Gasteiger partial charge in [0, 0.05) is 0 Å². The Hall–Kier alpha value is -1.47. The molecule has 0 aromatic rings. The quantitative estimate of drug-likeness (QED) is 0.378. The topological polar surface area (TPSA) is 117 Å². The van der Waals surface area contributed by atoms with E-state index in [9.17, 15) is 4.79 Å². The van der Waals surface area contributed by atoms with Gasteiger partial charge in [-0.1, -0.05) is 0 Å². The van der Waals surface area contributed by atoms with Gasteiger partial charge in [0.2, 0.25) is 5.84 Å². The highest BCUT2D eigenvalue weighted by Crippen LogP contribution is 1.94. The summed E-state index contributed by atoms with van der Waals surface area (Å²) in [5.74, 6) is 3.65. The smallest absolute Gasteiger partial charge is 0.373 e. The van der Waals surface area contributed by atoms with Crippen molar-refractivity contribution in [2.75, 3.05) is 0 Å². The molecule has 0 bridgehead atoms. The van der Waals surface area contributed by atoms with Gasteiger partial charge in [-0.2, -0.15) is 0 Å². The second kappa shape index (κ2) is 2.64. The van der Waals surface area contributed by atoms with Gasteiger partial charge in [0.05, 0.1) is 0 Å². The lowest BCUT2D eigenvalue weighted by Crippen LogP contribution is -2.47. The maximum absolute atomic E-state index is 10.2. The monoisotopic (exact) mass is 157 g/mol. The minimum atomic E-state index is -1.22. The van der Waals surface area contributed by atoms with Crippen molar-refractivity contribution in [1.82, 2.24) is 5.01 Å². The molecule has 1 atom stereocenters. The number of nitrogens with two attached hydrogens (primary N) is 2. The van der Waals surface area contributed by atoms with Crippen molar-refractivity contribution in [2.24, 2.45) is 21.6 Å². The first-order chi connectivity index (χ1) is 5.11. The number of carboxylic acid groups (broad SMARTS) is 1. The Morgan fingerprint density at radius 2 is 2.45 bits per heavy atom. The summed E-state index contributed by atoms with van der Waals surface area (Å²) in [5.41, 5.74) is 5.27. The third kappa shape index (κ3) is 1.51. The molecule has 1 rings (SSSR count). The largest absolute Gasteiger partial charge is 0.475 e. The number of amidine groups is 1. The Labute approximate surface area is 62.0 Å². The first-order valence-electron chi connectivity index (χ1n) is 2.75. The van der Waals surface area contributed by atoms with E-state index in [1.165, 1.54) is 0 Å². The summed E-state index contributed by atoms with van der Waals surface area (Å²) in [6, 6.07) is 0. The zero-order valence-corrected chi connectivity index (χ0v) is 5.51. The highest BCUT2D eigenvalue weighted by molar-refractivity contribution is 6.36. The third-order valence-corrected chi connectivity index (χ3v) is 1.06. The fourth-order valence-corrected chi connectivity index (χ4v) is 0.525. The van der Waals surface area contributed by atoms with Crippen LogP contribution in [0.1, 0.15) is 0 Å². The summed E-state index contributed by atoms with van der Waals surface area (Å²) in [6.45, 7) is 0. The standard InChI is InChI=1S/C4H7N5O2/c5-4-8-2(3(10)11)7-1-9(4)6/h1,4H,5-6H2,(H,10,11). The van der Waals surface area contributed by atoms with Gasteiger partial charge in [-0.15, -0.1) is 0 Å². The van der Waals surface area contributed by atoms with Gasteiger partial charge < -0.3 is 5.11 Å². The molecule has 7 nitrogen and oxygen atoms in total. The molecular formula is C4H7N5O2. The summed E-state index contributed by atoms with van der Waals surface area (Å²) < 4.78 is 0. The van der Waals surface area contributed by atoms with Crippen LogP contribution in [0.3, 0.4) is 0 Å². The van der Waals surface area contributed by atoms with Crippen molar-refractivity contribution in [3.8, 4) is 0 Å². The van der Waals surface area contributed by atoms with E-state index in [0.717, 1.165) is 11.3 Å². The van der Waals surface area contributed by atoms with Crippen LogP contribution in [0.15, 0.2) is 9.98 Å². The van der Waals surface area contributed by atoms with Crippen LogP contribution in [0.25, 0.3) is 0 Å². The maximum Gasteiger partial charge on any atom is 0.373 e. The van der Waals surface area contributed by atoms with Gasteiger partial charge in [-0.05, 0) is 0 Å². The molecule has 0 aromatic heterocycles. The van der Waals surface area contributed by atoms with Crippen LogP contribution in [0.5, 0.6) is 0 Å². The number of carbonyl (C=O) groups is 1. The van der Waals surface area contributed by atoms with Crippen molar-refractivity contribution in [3.05, 3.63) is 0 Å². The molecule has 0 radical (unpaired) electrons. The summed E-state index contributed by atoms with van der Waals surface area (Å²) in [6.07, 6.45) is 0.250. The molecular weight excluding hydrogens is 150 g/mol. The van der Waals surface area contributed by atoms with Crippen LogP contribution >= 0.6 is 0 Å². The Morgan fingerprint density at radius 1 is 1.82 bits per heavy atom. The van der Waals surface area contributed by atoms with Gasteiger partial charge in [-0.25, -0.2) is 20.6 Å². The normalized spacial score (nSPS) is 23.3. The number of hydrogen-bond donors (Lipinski definition) is 3. The number of hydrazine groups is 1. The molecule has 0 fully saturated rings. The van der Waals surface area contributed by atoms with Crippen molar-refractivity contribution < 1.29 is 9.90 Å². The molecule has 0 aliphatic carbocycles. The average Bonchev–Trinajstić information content (AvgIpc) is 1.94. The highest BCUT2D eigenvalue weighted by atomic mass is 16.4. The van der Waals surface area contributed by atoms with Crippen LogP contribution in [0.4, 0.5) is 0 Å². The zero-order valence-electron chi connectivity index (χ0n) is 5.51. The van der Waals surface area contributed by atoms with Gasteiger partial charge >= 0.3 is 5.97 Å². The summed E-state index contributed by atoms with van der Waals surface area (Å²) >= 11 is 0. The second-order valence-corrected chi connectivity index (χ2v) is 1.86. The van der Waals surface area contributed by atoms with Gasteiger partial charge in [0.25, 0.3) is 0 Å². The van der Waals surface area contributed by atoms with Crippen LogP contribution in [-0.2, 0) is 4.79 Å².